The molecule has 12 heavy (non-hydrogen) atoms. The molecule has 0 aromatic heterocycles. The van der Waals surface area contributed by atoms with Crippen LogP contribution in [0.15, 0.2) is 24.3 Å². The van der Waals surface area contributed by atoms with Gasteiger partial charge in [0.2, 0.25) is 0 Å². The maximum absolute atomic E-state index is 5.36. The van der Waals surface area contributed by atoms with Gasteiger partial charge in [0.25, 0.3) is 0 Å². The van der Waals surface area contributed by atoms with Crippen molar-refractivity contribution in [2.45, 2.75) is 6.92 Å². The fourth-order valence-corrected chi connectivity index (χ4v) is 1.28. The standard InChI is InChI=1S/C9H10OS2/c1-2-10-8-6-4-3-5-7(8)9(11)12/h3-6H,2H2,1H3,(H,11,12). The third kappa shape index (κ3) is 2.22. The van der Waals surface area contributed by atoms with Crippen molar-refractivity contribution in [3.63, 3.8) is 0 Å². The molecule has 0 bridgehead atoms. The van der Waals surface area contributed by atoms with E-state index in [0.29, 0.717) is 10.8 Å². The minimum Gasteiger partial charge on any atom is -0.493 e. The molecule has 0 N–H and O–H groups in total. The van der Waals surface area contributed by atoms with Crippen LogP contribution in [-0.4, -0.2) is 10.8 Å². The summed E-state index contributed by atoms with van der Waals surface area (Å²) < 4.78 is 5.93. The van der Waals surface area contributed by atoms with Gasteiger partial charge in [-0.25, -0.2) is 0 Å². The number of rotatable bonds is 3. The van der Waals surface area contributed by atoms with Crippen LogP contribution in [0.5, 0.6) is 5.75 Å². The Kier molecular flexibility index (Phi) is 3.56. The van der Waals surface area contributed by atoms with Gasteiger partial charge in [0, 0.05) is 5.56 Å². The number of para-hydroxylation sites is 1. The average molecular weight is 198 g/mol. The summed E-state index contributed by atoms with van der Waals surface area (Å²) in [5.41, 5.74) is 0.887. The zero-order valence-corrected chi connectivity index (χ0v) is 8.49. The smallest absolute Gasteiger partial charge is 0.128 e. The molecule has 1 nitrogen and oxygen atoms in total. The normalized spacial score (nSPS) is 9.50. The Bertz CT molecular complexity index is 284. The van der Waals surface area contributed by atoms with Gasteiger partial charge in [-0.05, 0) is 19.1 Å². The molecule has 0 saturated heterocycles. The van der Waals surface area contributed by atoms with Crippen molar-refractivity contribution in [2.75, 3.05) is 6.61 Å². The van der Waals surface area contributed by atoms with E-state index in [-0.39, 0.29) is 0 Å². The Morgan fingerprint density at radius 3 is 2.75 bits per heavy atom. The molecule has 0 fully saturated rings. The largest absolute Gasteiger partial charge is 0.493 e. The minimum atomic E-state index is 0.569. The Labute approximate surface area is 83.2 Å². The minimum absolute atomic E-state index is 0.569. The van der Waals surface area contributed by atoms with Gasteiger partial charge in [-0.15, -0.1) is 12.6 Å². The quantitative estimate of drug-likeness (QED) is 0.590. The van der Waals surface area contributed by atoms with Crippen molar-refractivity contribution in [2.24, 2.45) is 0 Å². The molecule has 0 amide bonds. The van der Waals surface area contributed by atoms with E-state index in [9.17, 15) is 0 Å². The Morgan fingerprint density at radius 1 is 1.50 bits per heavy atom. The lowest BCUT2D eigenvalue weighted by Crippen LogP contribution is -1.97. The van der Waals surface area contributed by atoms with Gasteiger partial charge in [0.1, 0.15) is 5.75 Å². The number of ether oxygens (including phenoxy) is 1. The summed E-state index contributed by atoms with van der Waals surface area (Å²) in [5, 5.41) is 0. The fraction of sp³-hybridized carbons (Fsp3) is 0.222. The molecule has 1 aromatic carbocycles. The molecule has 1 rings (SSSR count). The Morgan fingerprint density at radius 2 is 2.17 bits per heavy atom. The van der Waals surface area contributed by atoms with Gasteiger partial charge >= 0.3 is 0 Å². The molecule has 0 spiro atoms. The van der Waals surface area contributed by atoms with Crippen molar-refractivity contribution >= 4 is 29.0 Å². The first-order chi connectivity index (χ1) is 5.75. The van der Waals surface area contributed by atoms with Crippen LogP contribution >= 0.6 is 24.8 Å². The molecular formula is C9H10OS2. The van der Waals surface area contributed by atoms with Crippen molar-refractivity contribution < 1.29 is 4.74 Å². The molecule has 3 heteroatoms. The highest BCUT2D eigenvalue weighted by atomic mass is 32.1. The first kappa shape index (κ1) is 9.55. The molecule has 0 heterocycles. The molecule has 0 aliphatic carbocycles. The summed E-state index contributed by atoms with van der Waals surface area (Å²) in [6.07, 6.45) is 0. The van der Waals surface area contributed by atoms with Crippen LogP contribution in [0.2, 0.25) is 0 Å². The van der Waals surface area contributed by atoms with Crippen LogP contribution in [0, 0.1) is 0 Å². The van der Waals surface area contributed by atoms with Gasteiger partial charge < -0.3 is 4.74 Å². The van der Waals surface area contributed by atoms with Crippen LogP contribution in [-0.2, 0) is 0 Å². The van der Waals surface area contributed by atoms with Crippen molar-refractivity contribution in [3.05, 3.63) is 29.8 Å². The summed E-state index contributed by atoms with van der Waals surface area (Å²) in [6.45, 7) is 2.59. The zero-order chi connectivity index (χ0) is 8.97. The van der Waals surface area contributed by atoms with Crippen LogP contribution in [0.1, 0.15) is 12.5 Å². The first-order valence-corrected chi connectivity index (χ1v) is 4.56. The molecule has 1 aromatic rings. The second kappa shape index (κ2) is 4.48. The first-order valence-electron chi connectivity index (χ1n) is 3.70. The molecule has 0 saturated carbocycles. The average Bonchev–Trinajstić information content (AvgIpc) is 2.05. The summed E-state index contributed by atoms with van der Waals surface area (Å²) in [5.74, 6) is 0.806. The summed E-state index contributed by atoms with van der Waals surface area (Å²) in [6, 6.07) is 7.63. The van der Waals surface area contributed by atoms with Crippen LogP contribution in [0.4, 0.5) is 0 Å². The van der Waals surface area contributed by atoms with Crippen molar-refractivity contribution in [3.8, 4) is 5.75 Å². The van der Waals surface area contributed by atoms with E-state index in [0.717, 1.165) is 11.3 Å². The molecule has 0 aliphatic rings. The Hall–Kier alpha value is -0.540. The van der Waals surface area contributed by atoms with Gasteiger partial charge in [-0.2, -0.15) is 0 Å². The summed E-state index contributed by atoms with van der Waals surface area (Å²) in [4.78, 5) is 0. The number of hydrogen-bond acceptors (Lipinski definition) is 2. The molecule has 0 unspecified atom stereocenters. The highest BCUT2D eigenvalue weighted by Gasteiger charge is 2.03. The van der Waals surface area contributed by atoms with Crippen LogP contribution < -0.4 is 4.74 Å². The van der Waals surface area contributed by atoms with Crippen LogP contribution in [0.25, 0.3) is 0 Å². The highest BCUT2D eigenvalue weighted by molar-refractivity contribution is 8.11. The lowest BCUT2D eigenvalue weighted by molar-refractivity contribution is 0.340. The summed E-state index contributed by atoms with van der Waals surface area (Å²) >= 11 is 9.05. The van der Waals surface area contributed by atoms with Crippen LogP contribution in [0.3, 0.4) is 0 Å². The predicted octanol–water partition coefficient (Wildman–Crippen LogP) is 2.69. The van der Waals surface area contributed by atoms with E-state index in [1.807, 2.05) is 31.2 Å². The molecule has 0 radical (unpaired) electrons. The van der Waals surface area contributed by atoms with E-state index < -0.39 is 0 Å². The number of thiol groups is 1. The zero-order valence-electron chi connectivity index (χ0n) is 6.78. The lowest BCUT2D eigenvalue weighted by atomic mass is 10.2. The highest BCUT2D eigenvalue weighted by Crippen LogP contribution is 2.19. The van der Waals surface area contributed by atoms with Crippen molar-refractivity contribution in [1.82, 2.24) is 0 Å². The van der Waals surface area contributed by atoms with Gasteiger partial charge in [0.15, 0.2) is 0 Å². The molecule has 0 atom stereocenters. The summed E-state index contributed by atoms with van der Waals surface area (Å²) in [7, 11) is 0. The monoisotopic (exact) mass is 198 g/mol. The maximum atomic E-state index is 5.36. The molecular weight excluding hydrogens is 188 g/mol. The molecule has 64 valence electrons. The number of benzene rings is 1. The molecule has 0 aliphatic heterocycles. The lowest BCUT2D eigenvalue weighted by Gasteiger charge is -2.07. The fourth-order valence-electron chi connectivity index (χ4n) is 0.925. The van der Waals surface area contributed by atoms with E-state index >= 15 is 0 Å². The third-order valence-electron chi connectivity index (χ3n) is 1.42. The second-order valence-electron chi connectivity index (χ2n) is 2.23. The van der Waals surface area contributed by atoms with E-state index in [4.69, 9.17) is 17.0 Å². The van der Waals surface area contributed by atoms with Gasteiger partial charge in [-0.3, -0.25) is 0 Å². The van der Waals surface area contributed by atoms with Crippen molar-refractivity contribution in [1.29, 1.82) is 0 Å². The maximum Gasteiger partial charge on any atom is 0.128 e. The number of hydrogen-bond donors (Lipinski definition) is 1. The van der Waals surface area contributed by atoms with Gasteiger partial charge in [0.05, 0.1) is 10.8 Å². The predicted molar refractivity (Wildman–Crippen MR) is 58.3 cm³/mol. The van der Waals surface area contributed by atoms with E-state index in [2.05, 4.69) is 12.6 Å². The number of thiocarbonyl (C=S) groups is 1. The topological polar surface area (TPSA) is 9.23 Å². The second-order valence-corrected chi connectivity index (χ2v) is 3.39. The third-order valence-corrected chi connectivity index (χ3v) is 1.88. The Balaban J connectivity index is 3.00. The van der Waals surface area contributed by atoms with E-state index in [1.54, 1.807) is 0 Å². The van der Waals surface area contributed by atoms with Gasteiger partial charge in [-0.1, -0.05) is 24.4 Å². The SMILES string of the molecule is CCOc1ccccc1C(=S)S. The van der Waals surface area contributed by atoms with E-state index in [1.165, 1.54) is 0 Å².